The maximum atomic E-state index is 13.6. The van der Waals surface area contributed by atoms with Crippen molar-refractivity contribution in [1.82, 2.24) is 0 Å². The fourth-order valence-corrected chi connectivity index (χ4v) is 16.9. The van der Waals surface area contributed by atoms with Gasteiger partial charge in [-0.1, -0.05) is 92.7 Å². The molecule has 1 aliphatic rings. The Morgan fingerprint density at radius 2 is 1.36 bits per heavy atom. The molecule has 0 spiro atoms. The fraction of sp³-hybridized carbons (Fsp3) is 0.750. The van der Waals surface area contributed by atoms with E-state index < -0.39 is 42.8 Å². The zero-order valence-corrected chi connectivity index (χ0v) is 39.8. The molecule has 0 amide bonds. The van der Waals surface area contributed by atoms with E-state index in [4.69, 9.17) is 22.8 Å². The number of halogens is 3. The second kappa shape index (κ2) is 24.4. The second-order valence-electron chi connectivity index (χ2n) is 16.0. The van der Waals surface area contributed by atoms with Gasteiger partial charge in [-0.2, -0.15) is 13.2 Å². The van der Waals surface area contributed by atoms with E-state index >= 15 is 0 Å². The minimum absolute atomic E-state index is 0.0141. The smallest absolute Gasteiger partial charge is 0.416 e. The monoisotopic (exact) mass is 842 g/mol. The quantitative estimate of drug-likeness (QED) is 0.0380. The lowest BCUT2D eigenvalue weighted by Crippen LogP contribution is -2.42. The van der Waals surface area contributed by atoms with Crippen LogP contribution in [0.3, 0.4) is 0 Å². The molecule has 3 unspecified atom stereocenters. The summed E-state index contributed by atoms with van der Waals surface area (Å²) < 4.78 is 74.0. The number of alkyl halides is 3. The van der Waals surface area contributed by atoms with E-state index in [1.165, 1.54) is 6.07 Å². The van der Waals surface area contributed by atoms with Crippen molar-refractivity contribution in [3.05, 3.63) is 54.1 Å². The molecule has 0 N–H and O–H groups in total. The molecular weight excluding hydrogens is 766 g/mol. The van der Waals surface area contributed by atoms with Gasteiger partial charge in [0, 0.05) is 12.3 Å². The first-order valence-corrected chi connectivity index (χ1v) is 29.5. The van der Waals surface area contributed by atoms with Crippen molar-refractivity contribution >= 4 is 30.9 Å². The van der Waals surface area contributed by atoms with Gasteiger partial charge in [0.25, 0.3) is 0 Å². The topological polar surface area (TPSA) is 63.2 Å². The van der Waals surface area contributed by atoms with Crippen LogP contribution in [-0.4, -0.2) is 61.9 Å². The Morgan fingerprint density at radius 1 is 0.804 bits per heavy atom. The lowest BCUT2D eigenvalue weighted by molar-refractivity contribution is -0.147. The van der Waals surface area contributed by atoms with E-state index in [-0.39, 0.29) is 48.5 Å². The summed E-state index contributed by atoms with van der Waals surface area (Å²) in [5.74, 6) is 0.246. The van der Waals surface area contributed by atoms with Crippen LogP contribution in [0.1, 0.15) is 114 Å². The summed E-state index contributed by atoms with van der Waals surface area (Å²) in [7, 11) is -6.12. The Morgan fingerprint density at radius 3 is 1.88 bits per heavy atom. The van der Waals surface area contributed by atoms with Gasteiger partial charge in [-0.15, -0.1) is 0 Å². The fourth-order valence-electron chi connectivity index (χ4n) is 8.26. The number of hydrogen-bond acceptors (Lipinski definition) is 6. The first-order valence-electron chi connectivity index (χ1n) is 21.9. The lowest BCUT2D eigenvalue weighted by Gasteiger charge is -2.35. The molecule has 5 atom stereocenters. The molecule has 322 valence electrons. The minimum atomic E-state index is -4.45. The largest absolute Gasteiger partial charge is 0.491 e. The molecular formula is C44H77F3O6Si3. The van der Waals surface area contributed by atoms with E-state index in [0.717, 1.165) is 92.2 Å². The van der Waals surface area contributed by atoms with Crippen LogP contribution >= 0.6 is 0 Å². The van der Waals surface area contributed by atoms with Gasteiger partial charge in [-0.25, -0.2) is 0 Å². The summed E-state index contributed by atoms with van der Waals surface area (Å²) in [6.07, 6.45) is 7.50. The lowest BCUT2D eigenvalue weighted by atomic mass is 9.89. The van der Waals surface area contributed by atoms with Crippen LogP contribution in [0.2, 0.25) is 54.4 Å². The van der Waals surface area contributed by atoms with Gasteiger partial charge < -0.3 is 22.8 Å². The van der Waals surface area contributed by atoms with E-state index in [2.05, 4.69) is 86.6 Å². The van der Waals surface area contributed by atoms with E-state index in [1.807, 2.05) is 13.8 Å². The van der Waals surface area contributed by atoms with Gasteiger partial charge in [0.15, 0.2) is 25.0 Å². The Balaban J connectivity index is 2.60. The average Bonchev–Trinajstić information content (AvgIpc) is 3.50. The third-order valence-electron chi connectivity index (χ3n) is 12.7. The number of hydrogen-bond donors (Lipinski definition) is 0. The minimum Gasteiger partial charge on any atom is -0.491 e. The van der Waals surface area contributed by atoms with Crippen LogP contribution in [0.25, 0.3) is 0 Å². The zero-order valence-electron chi connectivity index (χ0n) is 36.8. The molecule has 6 nitrogen and oxygen atoms in total. The Hall–Kier alpha value is -1.71. The molecule has 56 heavy (non-hydrogen) atoms. The van der Waals surface area contributed by atoms with Crippen molar-refractivity contribution in [1.29, 1.82) is 0 Å². The molecule has 12 heteroatoms. The number of allylic oxidation sites excluding steroid dienone is 2. The second-order valence-corrected chi connectivity index (χ2v) is 30.2. The normalized spacial score (nSPS) is 20.4. The van der Waals surface area contributed by atoms with Gasteiger partial charge in [0.2, 0.25) is 0 Å². The van der Waals surface area contributed by atoms with Crippen LogP contribution in [0.5, 0.6) is 5.75 Å². The van der Waals surface area contributed by atoms with Gasteiger partial charge in [0.1, 0.15) is 12.4 Å². The van der Waals surface area contributed by atoms with Crippen molar-refractivity contribution < 1.29 is 40.7 Å². The maximum Gasteiger partial charge on any atom is 0.416 e. The van der Waals surface area contributed by atoms with E-state index in [9.17, 15) is 18.0 Å². The molecule has 1 aliphatic carbocycles. The van der Waals surface area contributed by atoms with Crippen LogP contribution < -0.4 is 4.74 Å². The third-order valence-corrected chi connectivity index (χ3v) is 26.7. The van der Waals surface area contributed by atoms with Crippen LogP contribution in [0, 0.1) is 11.8 Å². The zero-order chi connectivity index (χ0) is 42.0. The number of unbranched alkanes of at least 4 members (excludes halogenated alkanes) is 1. The molecule has 1 fully saturated rings. The summed E-state index contributed by atoms with van der Waals surface area (Å²) in [6, 6.07) is 14.3. The first-order chi connectivity index (χ1) is 26.6. The SMILES string of the molecule is CC[Si](CC)(CC)OC(/C=C/[C@H]1C(O[Si](CC)(CC)CC)CC(O[Si](CC)(CC)CC)[C@@H]1C/C=C\CCCC(=O)OC(C)C)COc1cccc(C(F)(F)F)c1. The molecule has 0 heterocycles. The highest BCUT2D eigenvalue weighted by Gasteiger charge is 2.48. The van der Waals surface area contributed by atoms with Crippen molar-refractivity contribution in [2.45, 2.75) is 193 Å². The van der Waals surface area contributed by atoms with E-state index in [1.54, 1.807) is 6.07 Å². The molecule has 1 aromatic rings. The van der Waals surface area contributed by atoms with Crippen molar-refractivity contribution in [2.75, 3.05) is 6.61 Å². The summed E-state index contributed by atoms with van der Waals surface area (Å²) >= 11 is 0. The number of rotatable bonds is 27. The standard InChI is InChI=1S/C44H77F3O6Si3/c1-12-54(13-2,14-3)51-38(34-49-37-27-25-26-36(32-37)44(45,46)47)30-31-40-39(28-23-21-22-24-29-43(48)50-35(10)11)41(52-55(15-4,16-5)17-6)33-42(40)53-56(18-7,19-8)20-9/h21,23,25-27,30-32,35,38-42H,12-20,22,24,28-29,33-34H2,1-11H3/b23-21-,31-30+/t38?,39-,40-,41?,42?/m1/s1. The highest BCUT2D eigenvalue weighted by atomic mass is 28.4. The first kappa shape index (κ1) is 50.4. The number of ether oxygens (including phenoxy) is 2. The average molecular weight is 843 g/mol. The summed E-state index contributed by atoms with van der Waals surface area (Å²) in [5.41, 5.74) is -0.730. The number of esters is 1. The van der Waals surface area contributed by atoms with Gasteiger partial charge >= 0.3 is 12.1 Å². The third kappa shape index (κ3) is 15.1. The molecule has 0 bridgehead atoms. The van der Waals surface area contributed by atoms with Gasteiger partial charge in [0.05, 0.1) is 30.0 Å². The van der Waals surface area contributed by atoms with E-state index in [0.29, 0.717) is 6.42 Å². The van der Waals surface area contributed by atoms with Crippen molar-refractivity contribution in [3.63, 3.8) is 0 Å². The Bertz CT molecular complexity index is 1300. The highest BCUT2D eigenvalue weighted by molar-refractivity contribution is 6.74. The van der Waals surface area contributed by atoms with Crippen LogP contribution in [0.4, 0.5) is 13.2 Å². The Kier molecular flexibility index (Phi) is 22.0. The summed E-state index contributed by atoms with van der Waals surface area (Å²) in [6.45, 7) is 24.0. The predicted molar refractivity (Wildman–Crippen MR) is 233 cm³/mol. The molecule has 0 saturated heterocycles. The van der Waals surface area contributed by atoms with Crippen molar-refractivity contribution in [3.8, 4) is 5.75 Å². The maximum absolute atomic E-state index is 13.6. The molecule has 0 aliphatic heterocycles. The molecule has 0 aromatic heterocycles. The summed E-state index contributed by atoms with van der Waals surface area (Å²) in [5, 5.41) is 0. The van der Waals surface area contributed by atoms with Crippen LogP contribution in [-0.2, 0) is 29.0 Å². The molecule has 1 saturated carbocycles. The molecule has 0 radical (unpaired) electrons. The number of carbonyl (C=O) groups is 1. The summed E-state index contributed by atoms with van der Waals surface area (Å²) in [4.78, 5) is 12.1. The Labute approximate surface area is 342 Å². The predicted octanol–water partition coefficient (Wildman–Crippen LogP) is 13.5. The number of benzene rings is 1. The van der Waals surface area contributed by atoms with Gasteiger partial charge in [-0.3, -0.25) is 4.79 Å². The van der Waals surface area contributed by atoms with Crippen LogP contribution in [0.15, 0.2) is 48.6 Å². The highest BCUT2D eigenvalue weighted by Crippen LogP contribution is 2.45. The molecule has 2 rings (SSSR count). The van der Waals surface area contributed by atoms with Gasteiger partial charge in [-0.05, 0) is 118 Å². The van der Waals surface area contributed by atoms with Crippen molar-refractivity contribution in [2.24, 2.45) is 11.8 Å². The molecule has 1 aromatic carbocycles. The number of carbonyl (C=O) groups excluding carboxylic acids is 1.